The smallest absolute Gasteiger partial charge is 0.274 e. The first kappa shape index (κ1) is 17.3. The van der Waals surface area contributed by atoms with Crippen LogP contribution in [0.4, 0.5) is 5.69 Å². The Hall–Kier alpha value is -3.15. The van der Waals surface area contributed by atoms with Gasteiger partial charge in [-0.3, -0.25) is 25.4 Å². The fraction of sp³-hybridized carbons (Fsp3) is 0.286. The number of nitrogens with one attached hydrogen (secondary N) is 5. The normalized spacial score (nSPS) is 16.4. The molecule has 5 N–H and O–H groups in total. The van der Waals surface area contributed by atoms with E-state index in [0.717, 1.165) is 67.5 Å². The van der Waals surface area contributed by atoms with Gasteiger partial charge in [-0.05, 0) is 48.5 Å². The molecule has 0 aliphatic carbocycles. The summed E-state index contributed by atoms with van der Waals surface area (Å²) in [6, 6.07) is 15.5. The number of hydrogen-bond acceptors (Lipinski definition) is 3. The van der Waals surface area contributed by atoms with E-state index in [1.165, 1.54) is 0 Å². The molecule has 2 aromatic carbocycles. The van der Waals surface area contributed by atoms with Gasteiger partial charge >= 0.3 is 0 Å². The quantitative estimate of drug-likeness (QED) is 0.463. The lowest BCUT2D eigenvalue weighted by molar-refractivity contribution is -0.463. The fourth-order valence-electron chi connectivity index (χ4n) is 3.28. The third-order valence-electron chi connectivity index (χ3n) is 4.78. The van der Waals surface area contributed by atoms with Crippen LogP contribution in [0.3, 0.4) is 0 Å². The minimum absolute atomic E-state index is 0.106. The van der Waals surface area contributed by atoms with Gasteiger partial charge in [0.25, 0.3) is 17.6 Å². The highest BCUT2D eigenvalue weighted by Crippen LogP contribution is 2.12. The van der Waals surface area contributed by atoms with Crippen molar-refractivity contribution in [1.29, 1.82) is 0 Å². The second-order valence-corrected chi connectivity index (χ2v) is 6.77. The monoisotopic (exact) mass is 363 g/mol. The maximum atomic E-state index is 12.5. The van der Waals surface area contributed by atoms with E-state index < -0.39 is 0 Å². The number of amidine groups is 2. The summed E-state index contributed by atoms with van der Waals surface area (Å²) in [4.78, 5) is 19.2. The summed E-state index contributed by atoms with van der Waals surface area (Å²) in [5, 5.41) is 9.67. The zero-order valence-electron chi connectivity index (χ0n) is 15.3. The third kappa shape index (κ3) is 4.16. The van der Waals surface area contributed by atoms with Crippen molar-refractivity contribution in [3.63, 3.8) is 0 Å². The minimum Gasteiger partial charge on any atom is -0.322 e. The summed E-state index contributed by atoms with van der Waals surface area (Å²) in [5.74, 6) is 1.98. The van der Waals surface area contributed by atoms with E-state index in [0.29, 0.717) is 5.56 Å². The fourth-order valence-corrected chi connectivity index (χ4v) is 3.28. The van der Waals surface area contributed by atoms with Crippen LogP contribution in [-0.4, -0.2) is 43.8 Å². The highest BCUT2D eigenvalue weighted by atomic mass is 16.1. The molecule has 0 radical (unpaired) electrons. The maximum Gasteiger partial charge on any atom is 0.274 e. The van der Waals surface area contributed by atoms with Crippen molar-refractivity contribution < 1.29 is 14.8 Å². The Morgan fingerprint density at radius 1 is 0.778 bits per heavy atom. The van der Waals surface area contributed by atoms with Gasteiger partial charge in [-0.15, -0.1) is 0 Å². The number of rotatable bonds is 4. The molecule has 0 fully saturated rings. The SMILES string of the molecule is O=C(Nc1ccc(C2=[NH+]CCCN2)cc1)c1ccc(C2=[NH+]CCCN2)cc1. The molecule has 6 nitrogen and oxygen atoms in total. The molecule has 27 heavy (non-hydrogen) atoms. The lowest BCUT2D eigenvalue weighted by Crippen LogP contribution is -2.79. The van der Waals surface area contributed by atoms with Crippen molar-refractivity contribution in [3.05, 3.63) is 65.2 Å². The van der Waals surface area contributed by atoms with E-state index in [1.54, 1.807) is 0 Å². The van der Waals surface area contributed by atoms with Crippen molar-refractivity contribution in [2.45, 2.75) is 12.8 Å². The van der Waals surface area contributed by atoms with E-state index >= 15 is 0 Å². The predicted molar refractivity (Wildman–Crippen MR) is 106 cm³/mol. The molecule has 0 spiro atoms. The number of anilines is 1. The Kier molecular flexibility index (Phi) is 5.14. The summed E-state index contributed by atoms with van der Waals surface area (Å²) in [6.45, 7) is 3.93. The van der Waals surface area contributed by atoms with Crippen molar-refractivity contribution >= 4 is 23.3 Å². The Morgan fingerprint density at radius 2 is 1.30 bits per heavy atom. The average Bonchev–Trinajstić information content (AvgIpc) is 2.76. The Labute approximate surface area is 158 Å². The van der Waals surface area contributed by atoms with Gasteiger partial charge in [0, 0.05) is 24.1 Å². The number of amides is 1. The van der Waals surface area contributed by atoms with Crippen molar-refractivity contribution in [3.8, 4) is 0 Å². The maximum absolute atomic E-state index is 12.5. The van der Waals surface area contributed by atoms with Crippen LogP contribution in [0.5, 0.6) is 0 Å². The van der Waals surface area contributed by atoms with Gasteiger partial charge in [0.15, 0.2) is 0 Å². The molecule has 138 valence electrons. The van der Waals surface area contributed by atoms with E-state index in [1.807, 2.05) is 48.5 Å². The van der Waals surface area contributed by atoms with E-state index in [9.17, 15) is 4.79 Å². The minimum atomic E-state index is -0.106. The molecule has 0 saturated heterocycles. The van der Waals surface area contributed by atoms with Crippen LogP contribution >= 0.6 is 0 Å². The molecule has 0 bridgehead atoms. The highest BCUT2D eigenvalue weighted by molar-refractivity contribution is 6.05. The molecule has 2 aliphatic heterocycles. The van der Waals surface area contributed by atoms with Gasteiger partial charge in [-0.25, -0.2) is 0 Å². The van der Waals surface area contributed by atoms with Crippen molar-refractivity contribution in [2.24, 2.45) is 0 Å². The summed E-state index contributed by atoms with van der Waals surface area (Å²) in [5.41, 5.74) is 3.60. The van der Waals surface area contributed by atoms with Crippen LogP contribution in [0.25, 0.3) is 0 Å². The highest BCUT2D eigenvalue weighted by Gasteiger charge is 2.15. The van der Waals surface area contributed by atoms with Gasteiger partial charge in [0.1, 0.15) is 0 Å². The van der Waals surface area contributed by atoms with E-state index in [-0.39, 0.29) is 5.91 Å². The van der Waals surface area contributed by atoms with Crippen LogP contribution in [0, 0.1) is 0 Å². The lowest BCUT2D eigenvalue weighted by Gasteiger charge is -2.10. The molecule has 4 rings (SSSR count). The summed E-state index contributed by atoms with van der Waals surface area (Å²) < 4.78 is 0. The largest absolute Gasteiger partial charge is 0.322 e. The molecule has 2 aliphatic rings. The Bertz CT molecular complexity index is 868. The van der Waals surface area contributed by atoms with E-state index in [4.69, 9.17) is 0 Å². The molecule has 1 amide bonds. The van der Waals surface area contributed by atoms with Crippen LogP contribution < -0.4 is 25.9 Å². The Balaban J connectivity index is 1.41. The van der Waals surface area contributed by atoms with E-state index in [2.05, 4.69) is 25.9 Å². The summed E-state index contributed by atoms with van der Waals surface area (Å²) in [7, 11) is 0. The second-order valence-electron chi connectivity index (χ2n) is 6.77. The molecule has 2 aromatic rings. The summed E-state index contributed by atoms with van der Waals surface area (Å²) >= 11 is 0. The molecule has 0 atom stereocenters. The second kappa shape index (κ2) is 8.03. The van der Waals surface area contributed by atoms with Gasteiger partial charge < -0.3 is 5.32 Å². The first-order chi connectivity index (χ1) is 13.3. The van der Waals surface area contributed by atoms with Crippen molar-refractivity contribution in [1.82, 2.24) is 10.6 Å². The van der Waals surface area contributed by atoms with Gasteiger partial charge in [-0.2, -0.15) is 0 Å². The Morgan fingerprint density at radius 3 is 1.78 bits per heavy atom. The van der Waals surface area contributed by atoms with Crippen LogP contribution in [0.2, 0.25) is 0 Å². The number of benzene rings is 2. The zero-order valence-corrected chi connectivity index (χ0v) is 15.3. The molecular formula is C21H25N5O+2. The van der Waals surface area contributed by atoms with Gasteiger partial charge in [0.2, 0.25) is 0 Å². The van der Waals surface area contributed by atoms with Crippen LogP contribution in [0.15, 0.2) is 48.5 Å². The molecule has 6 heteroatoms. The molecule has 2 heterocycles. The lowest BCUT2D eigenvalue weighted by atomic mass is 10.1. The first-order valence-corrected chi connectivity index (χ1v) is 9.51. The topological polar surface area (TPSA) is 81.1 Å². The standard InChI is InChI=1S/C21H23N5O/c27-21(17-5-3-15(4-6-17)19-22-11-1-12-23-19)26-18-9-7-16(8-10-18)20-24-13-2-14-25-20/h3-10H,1-2,11-14H2,(H,22,23)(H,24,25)(H,26,27)/p+2. The first-order valence-electron chi connectivity index (χ1n) is 9.51. The number of carbonyl (C=O) groups is 1. The average molecular weight is 363 g/mol. The van der Waals surface area contributed by atoms with Crippen LogP contribution in [-0.2, 0) is 0 Å². The molecule has 0 saturated carbocycles. The number of hydrogen-bond donors (Lipinski definition) is 5. The van der Waals surface area contributed by atoms with Gasteiger partial charge in [-0.1, -0.05) is 0 Å². The number of carbonyl (C=O) groups excluding carboxylic acids is 1. The zero-order chi connectivity index (χ0) is 18.5. The molecular weight excluding hydrogens is 338 g/mol. The molecule has 0 unspecified atom stereocenters. The predicted octanol–water partition coefficient (Wildman–Crippen LogP) is -1.42. The van der Waals surface area contributed by atoms with Gasteiger partial charge in [0.05, 0.1) is 37.3 Å². The third-order valence-corrected chi connectivity index (χ3v) is 4.78. The summed E-state index contributed by atoms with van der Waals surface area (Å²) in [6.07, 6.45) is 2.25. The molecule has 0 aromatic heterocycles. The van der Waals surface area contributed by atoms with Crippen LogP contribution in [0.1, 0.15) is 34.3 Å². The van der Waals surface area contributed by atoms with Crippen molar-refractivity contribution in [2.75, 3.05) is 31.5 Å².